The van der Waals surface area contributed by atoms with Gasteiger partial charge in [0, 0.05) is 0 Å². The third-order valence-corrected chi connectivity index (χ3v) is 5.62. The summed E-state index contributed by atoms with van der Waals surface area (Å²) < 4.78 is 0. The van der Waals surface area contributed by atoms with Gasteiger partial charge in [0.1, 0.15) is 0 Å². The van der Waals surface area contributed by atoms with Crippen molar-refractivity contribution in [2.75, 3.05) is 0 Å². The number of hydrogen-bond acceptors (Lipinski definition) is 1. The van der Waals surface area contributed by atoms with E-state index in [9.17, 15) is 0 Å². The molecule has 0 bridgehead atoms. The number of benzene rings is 4. The fraction of sp³-hybridized carbons (Fsp3) is 0.100. The highest BCUT2D eigenvalue weighted by Crippen LogP contribution is 2.22. The van der Waals surface area contributed by atoms with Gasteiger partial charge in [-0.1, -0.05) is 110 Å². The van der Waals surface area contributed by atoms with Crippen LogP contribution in [0.4, 0.5) is 0 Å². The molecule has 1 heteroatoms. The predicted octanol–water partition coefficient (Wildman–Crippen LogP) is 7.74. The van der Waals surface area contributed by atoms with Crippen molar-refractivity contribution in [3.8, 4) is 17.2 Å². The van der Waals surface area contributed by atoms with Crippen LogP contribution in [0.25, 0.3) is 23.3 Å². The summed E-state index contributed by atoms with van der Waals surface area (Å²) in [5.41, 5.74) is 8.07. The lowest BCUT2D eigenvalue weighted by atomic mass is 9.93. The van der Waals surface area contributed by atoms with Crippen molar-refractivity contribution in [2.24, 2.45) is 0 Å². The maximum atomic E-state index is 8.93. The largest absolute Gasteiger partial charge is 0.192 e. The molecule has 0 fully saturated rings. The second kappa shape index (κ2) is 9.74. The van der Waals surface area contributed by atoms with Gasteiger partial charge in [-0.25, -0.2) is 0 Å². The fourth-order valence-electron chi connectivity index (χ4n) is 3.73. The number of nitrogens with zero attached hydrogens (tertiary/aromatic N) is 1. The topological polar surface area (TPSA) is 23.8 Å². The van der Waals surface area contributed by atoms with Gasteiger partial charge in [-0.2, -0.15) is 5.26 Å². The Morgan fingerprint density at radius 2 is 1.19 bits per heavy atom. The molecule has 0 unspecified atom stereocenters. The second-order valence-corrected chi connectivity index (χ2v) is 7.90. The molecule has 0 radical (unpaired) electrons. The molecule has 0 amide bonds. The summed E-state index contributed by atoms with van der Waals surface area (Å²) in [5.74, 6) is 0.511. The van der Waals surface area contributed by atoms with Gasteiger partial charge in [0.15, 0.2) is 0 Å². The maximum Gasteiger partial charge on any atom is 0.0991 e. The molecular formula is C30H25N. The minimum atomic E-state index is 0.511. The molecule has 4 aromatic carbocycles. The van der Waals surface area contributed by atoms with Gasteiger partial charge in [-0.15, -0.1) is 0 Å². The third-order valence-electron chi connectivity index (χ3n) is 5.62. The molecule has 1 atom stereocenters. The van der Waals surface area contributed by atoms with Crippen LogP contribution in [-0.4, -0.2) is 0 Å². The van der Waals surface area contributed by atoms with E-state index >= 15 is 0 Å². The Bertz CT molecular complexity index is 1180. The number of nitriles is 1. The fourth-order valence-corrected chi connectivity index (χ4v) is 3.73. The van der Waals surface area contributed by atoms with E-state index in [0.29, 0.717) is 11.5 Å². The molecule has 0 saturated carbocycles. The lowest BCUT2D eigenvalue weighted by Gasteiger charge is -2.12. The van der Waals surface area contributed by atoms with E-state index in [0.717, 1.165) is 17.5 Å². The Morgan fingerprint density at radius 3 is 1.74 bits per heavy atom. The van der Waals surface area contributed by atoms with Crippen molar-refractivity contribution >= 4 is 12.2 Å². The molecule has 0 aromatic heterocycles. The average molecular weight is 400 g/mol. The molecular weight excluding hydrogens is 374 g/mol. The maximum absolute atomic E-state index is 8.93. The Morgan fingerprint density at radius 1 is 0.677 bits per heavy atom. The van der Waals surface area contributed by atoms with Gasteiger partial charge < -0.3 is 0 Å². The third kappa shape index (κ3) is 5.38. The summed E-state index contributed by atoms with van der Waals surface area (Å²) in [7, 11) is 0. The zero-order valence-electron chi connectivity index (χ0n) is 17.7. The molecule has 0 saturated heterocycles. The van der Waals surface area contributed by atoms with Crippen molar-refractivity contribution in [1.82, 2.24) is 0 Å². The van der Waals surface area contributed by atoms with E-state index in [1.54, 1.807) is 0 Å². The van der Waals surface area contributed by atoms with Crippen LogP contribution in [0.1, 0.15) is 40.7 Å². The van der Waals surface area contributed by atoms with E-state index in [2.05, 4.69) is 104 Å². The molecule has 4 rings (SSSR count). The number of rotatable bonds is 6. The molecule has 0 aliphatic rings. The highest BCUT2D eigenvalue weighted by molar-refractivity contribution is 5.72. The minimum Gasteiger partial charge on any atom is -0.192 e. The van der Waals surface area contributed by atoms with Crippen molar-refractivity contribution < 1.29 is 0 Å². The monoisotopic (exact) mass is 399 g/mol. The standard InChI is InChI=1S/C30H25N/c1-23(28-5-3-2-4-6-28)21-26-11-9-24(10-12-26)7-8-25-13-17-29(18-14-25)30-19-15-27(22-31)16-20-30/h2-20,23H,21H2,1H3/t23-/m1/s1. The first-order valence-corrected chi connectivity index (χ1v) is 10.6. The van der Waals surface area contributed by atoms with Crippen LogP contribution in [-0.2, 0) is 6.42 Å². The van der Waals surface area contributed by atoms with Gasteiger partial charge in [-0.05, 0) is 57.9 Å². The summed E-state index contributed by atoms with van der Waals surface area (Å²) in [6.45, 7) is 2.28. The Labute approximate surface area is 184 Å². The van der Waals surface area contributed by atoms with Gasteiger partial charge in [0.25, 0.3) is 0 Å². The molecule has 0 heterocycles. The van der Waals surface area contributed by atoms with Crippen molar-refractivity contribution in [1.29, 1.82) is 5.26 Å². The summed E-state index contributed by atoms with van der Waals surface area (Å²) in [6, 6.07) is 37.9. The smallest absolute Gasteiger partial charge is 0.0991 e. The Balaban J connectivity index is 1.38. The second-order valence-electron chi connectivity index (χ2n) is 7.90. The molecule has 150 valence electrons. The summed E-state index contributed by atoms with van der Waals surface area (Å²) in [6.07, 6.45) is 5.34. The lowest BCUT2D eigenvalue weighted by Crippen LogP contribution is -1.98. The van der Waals surface area contributed by atoms with Crippen LogP contribution < -0.4 is 0 Å². The van der Waals surface area contributed by atoms with Crippen LogP contribution in [0.5, 0.6) is 0 Å². The van der Waals surface area contributed by atoms with E-state index in [1.807, 2.05) is 24.3 Å². The highest BCUT2D eigenvalue weighted by Gasteiger charge is 2.06. The van der Waals surface area contributed by atoms with Crippen molar-refractivity contribution in [2.45, 2.75) is 19.3 Å². The molecule has 0 aliphatic heterocycles. The Kier molecular flexibility index (Phi) is 6.41. The SMILES string of the molecule is C[C@H](Cc1ccc(C=Cc2ccc(-c3ccc(C#N)cc3)cc2)cc1)c1ccccc1. The van der Waals surface area contributed by atoms with Crippen molar-refractivity contribution in [3.05, 3.63) is 131 Å². The summed E-state index contributed by atoms with van der Waals surface area (Å²) in [4.78, 5) is 0. The van der Waals surface area contributed by atoms with Crippen LogP contribution >= 0.6 is 0 Å². The summed E-state index contributed by atoms with van der Waals surface area (Å²) >= 11 is 0. The zero-order valence-corrected chi connectivity index (χ0v) is 17.7. The van der Waals surface area contributed by atoms with E-state index in [1.165, 1.54) is 22.3 Å². The predicted molar refractivity (Wildman–Crippen MR) is 131 cm³/mol. The van der Waals surface area contributed by atoms with E-state index in [-0.39, 0.29) is 0 Å². The number of hydrogen-bond donors (Lipinski definition) is 0. The van der Waals surface area contributed by atoms with Crippen LogP contribution in [0.15, 0.2) is 103 Å². The van der Waals surface area contributed by atoms with Gasteiger partial charge in [0.2, 0.25) is 0 Å². The molecule has 1 nitrogen and oxygen atoms in total. The van der Waals surface area contributed by atoms with Crippen LogP contribution in [0.2, 0.25) is 0 Å². The molecule has 0 aliphatic carbocycles. The van der Waals surface area contributed by atoms with Gasteiger partial charge in [-0.3, -0.25) is 0 Å². The molecule has 0 spiro atoms. The Hall–Kier alpha value is -3.89. The minimum absolute atomic E-state index is 0.511. The zero-order chi connectivity index (χ0) is 21.5. The normalized spacial score (nSPS) is 11.9. The van der Waals surface area contributed by atoms with E-state index < -0.39 is 0 Å². The van der Waals surface area contributed by atoms with Crippen LogP contribution in [0, 0.1) is 11.3 Å². The first kappa shape index (κ1) is 20.4. The lowest BCUT2D eigenvalue weighted by molar-refractivity contribution is 0.759. The molecule has 0 N–H and O–H groups in total. The first-order valence-electron chi connectivity index (χ1n) is 10.6. The highest BCUT2D eigenvalue weighted by atomic mass is 14.2. The van der Waals surface area contributed by atoms with Crippen LogP contribution in [0.3, 0.4) is 0 Å². The average Bonchev–Trinajstić information content (AvgIpc) is 2.84. The van der Waals surface area contributed by atoms with E-state index in [4.69, 9.17) is 5.26 Å². The molecule has 31 heavy (non-hydrogen) atoms. The van der Waals surface area contributed by atoms with Gasteiger partial charge in [0.05, 0.1) is 11.6 Å². The van der Waals surface area contributed by atoms with Gasteiger partial charge >= 0.3 is 0 Å². The summed E-state index contributed by atoms with van der Waals surface area (Å²) in [5, 5.41) is 8.93. The first-order chi connectivity index (χ1) is 15.2. The molecule has 4 aromatic rings. The van der Waals surface area contributed by atoms with Crippen molar-refractivity contribution in [3.63, 3.8) is 0 Å². The quantitative estimate of drug-likeness (QED) is 0.304.